The smallest absolute Gasteiger partial charge is 0.329 e. The Morgan fingerprint density at radius 1 is 0.957 bits per heavy atom. The molecule has 1 fully saturated rings. The van der Waals surface area contributed by atoms with E-state index in [1.807, 2.05) is 0 Å². The first-order valence-corrected chi connectivity index (χ1v) is 9.56. The zero-order valence-corrected chi connectivity index (χ0v) is 15.1. The molecule has 0 bridgehead atoms. The Balaban J connectivity index is 2.20. The van der Waals surface area contributed by atoms with Gasteiger partial charge >= 0.3 is 5.97 Å². The number of aliphatic carboxylic acids is 1. The molecule has 1 saturated heterocycles. The summed E-state index contributed by atoms with van der Waals surface area (Å²) in [5.41, 5.74) is -0.925. The highest BCUT2D eigenvalue weighted by molar-refractivity contribution is 5.86. The minimum Gasteiger partial charge on any atom is -0.479 e. The molecule has 0 unspecified atom stereocenters. The average molecular weight is 325 g/mol. The molecule has 1 amide bonds. The molecule has 1 N–H and O–H groups in total. The van der Waals surface area contributed by atoms with E-state index in [1.54, 1.807) is 4.90 Å². The van der Waals surface area contributed by atoms with Gasteiger partial charge in [-0.25, -0.2) is 4.79 Å². The summed E-state index contributed by atoms with van der Waals surface area (Å²) >= 11 is 0. The first-order chi connectivity index (χ1) is 11.0. The minimum absolute atomic E-state index is 0.100. The lowest BCUT2D eigenvalue weighted by Gasteiger charge is -2.34. The normalized spacial score (nSPS) is 20.9. The van der Waals surface area contributed by atoms with Crippen LogP contribution in [0.1, 0.15) is 97.3 Å². The van der Waals surface area contributed by atoms with Crippen LogP contribution < -0.4 is 0 Å². The third-order valence-corrected chi connectivity index (χ3v) is 5.21. The zero-order chi connectivity index (χ0) is 17.1. The molecule has 1 atom stereocenters. The van der Waals surface area contributed by atoms with Crippen LogP contribution in [0.3, 0.4) is 0 Å². The van der Waals surface area contributed by atoms with Gasteiger partial charge in [0.2, 0.25) is 5.91 Å². The lowest BCUT2D eigenvalue weighted by Crippen LogP contribution is -2.52. The summed E-state index contributed by atoms with van der Waals surface area (Å²) in [6.07, 6.45) is 14.4. The standard InChI is InChI=1S/C19H35NO3/c1-3-4-5-6-7-8-9-10-11-12-14-19(18(22)23)15-13-16-20(19)17(2)21/h3-16H2,1-2H3,(H,22,23)/t19-/m0/s1. The number of likely N-dealkylation sites (tertiary alicyclic amines) is 1. The van der Waals surface area contributed by atoms with Gasteiger partial charge in [0.1, 0.15) is 5.54 Å². The highest BCUT2D eigenvalue weighted by Gasteiger charge is 2.48. The summed E-state index contributed by atoms with van der Waals surface area (Å²) in [7, 11) is 0. The summed E-state index contributed by atoms with van der Waals surface area (Å²) in [4.78, 5) is 25.0. The Morgan fingerprint density at radius 3 is 1.96 bits per heavy atom. The van der Waals surface area contributed by atoms with Gasteiger partial charge in [0, 0.05) is 13.5 Å². The fourth-order valence-electron chi connectivity index (χ4n) is 3.83. The number of carboxylic acid groups (broad SMARTS) is 1. The fraction of sp³-hybridized carbons (Fsp3) is 0.895. The Labute approximate surface area is 141 Å². The number of carbonyl (C=O) groups excluding carboxylic acids is 1. The number of hydrogen-bond donors (Lipinski definition) is 1. The Hall–Kier alpha value is -1.06. The Morgan fingerprint density at radius 2 is 1.48 bits per heavy atom. The third kappa shape index (κ3) is 6.15. The molecule has 0 aromatic rings. The summed E-state index contributed by atoms with van der Waals surface area (Å²) in [5, 5.41) is 9.63. The second kappa shape index (κ2) is 10.7. The fourth-order valence-corrected chi connectivity index (χ4v) is 3.83. The van der Waals surface area contributed by atoms with Crippen LogP contribution in [0.2, 0.25) is 0 Å². The van der Waals surface area contributed by atoms with E-state index in [1.165, 1.54) is 58.3 Å². The highest BCUT2D eigenvalue weighted by Crippen LogP contribution is 2.34. The number of amides is 1. The number of carbonyl (C=O) groups is 2. The molecule has 1 aliphatic rings. The number of rotatable bonds is 12. The van der Waals surface area contributed by atoms with Gasteiger partial charge in [-0.05, 0) is 19.3 Å². The van der Waals surface area contributed by atoms with E-state index >= 15 is 0 Å². The number of hydrogen-bond acceptors (Lipinski definition) is 2. The van der Waals surface area contributed by atoms with Crippen LogP contribution in [0.15, 0.2) is 0 Å². The van der Waals surface area contributed by atoms with E-state index in [9.17, 15) is 14.7 Å². The van der Waals surface area contributed by atoms with Crippen molar-refractivity contribution < 1.29 is 14.7 Å². The topological polar surface area (TPSA) is 57.6 Å². The zero-order valence-electron chi connectivity index (χ0n) is 15.1. The Bertz CT molecular complexity index is 370. The van der Waals surface area contributed by atoms with Crippen LogP contribution in [-0.4, -0.2) is 34.0 Å². The van der Waals surface area contributed by atoms with Crippen LogP contribution in [0.4, 0.5) is 0 Å². The molecule has 4 nitrogen and oxygen atoms in total. The third-order valence-electron chi connectivity index (χ3n) is 5.21. The maximum Gasteiger partial charge on any atom is 0.329 e. The van der Waals surface area contributed by atoms with Crippen LogP contribution in [0, 0.1) is 0 Å². The van der Waals surface area contributed by atoms with Gasteiger partial charge in [-0.2, -0.15) is 0 Å². The van der Waals surface area contributed by atoms with E-state index in [2.05, 4.69) is 6.92 Å². The average Bonchev–Trinajstić information content (AvgIpc) is 2.94. The van der Waals surface area contributed by atoms with Crippen molar-refractivity contribution in [1.29, 1.82) is 0 Å². The molecule has 4 heteroatoms. The molecule has 1 aliphatic heterocycles. The van der Waals surface area contributed by atoms with Crippen molar-refractivity contribution in [2.24, 2.45) is 0 Å². The van der Waals surface area contributed by atoms with Gasteiger partial charge in [-0.3, -0.25) is 4.79 Å². The van der Waals surface area contributed by atoms with Gasteiger partial charge < -0.3 is 10.0 Å². The molecule has 0 saturated carbocycles. The molecule has 0 radical (unpaired) electrons. The molecular weight excluding hydrogens is 290 g/mol. The van der Waals surface area contributed by atoms with Gasteiger partial charge in [0.25, 0.3) is 0 Å². The lowest BCUT2D eigenvalue weighted by molar-refractivity contribution is -0.156. The molecule has 23 heavy (non-hydrogen) atoms. The van der Waals surface area contributed by atoms with Crippen LogP contribution >= 0.6 is 0 Å². The van der Waals surface area contributed by atoms with E-state index in [4.69, 9.17) is 0 Å². The van der Waals surface area contributed by atoms with Crippen molar-refractivity contribution in [3.8, 4) is 0 Å². The number of unbranched alkanes of at least 4 members (excludes halogenated alkanes) is 9. The quantitative estimate of drug-likeness (QED) is 0.526. The van der Waals surface area contributed by atoms with Crippen molar-refractivity contribution in [3.05, 3.63) is 0 Å². The maximum atomic E-state index is 11.7. The highest BCUT2D eigenvalue weighted by atomic mass is 16.4. The van der Waals surface area contributed by atoms with Gasteiger partial charge in [-0.15, -0.1) is 0 Å². The molecule has 0 spiro atoms. The van der Waals surface area contributed by atoms with Crippen molar-refractivity contribution in [2.75, 3.05) is 6.54 Å². The van der Waals surface area contributed by atoms with Gasteiger partial charge in [0.15, 0.2) is 0 Å². The second-order valence-corrected chi connectivity index (χ2v) is 7.04. The van der Waals surface area contributed by atoms with E-state index in [0.717, 1.165) is 19.3 Å². The number of nitrogens with zero attached hydrogens (tertiary/aromatic N) is 1. The van der Waals surface area contributed by atoms with E-state index < -0.39 is 11.5 Å². The first-order valence-electron chi connectivity index (χ1n) is 9.56. The number of carboxylic acids is 1. The lowest BCUT2D eigenvalue weighted by atomic mass is 9.89. The summed E-state index contributed by atoms with van der Waals surface area (Å²) in [6.45, 7) is 4.32. The van der Waals surface area contributed by atoms with E-state index in [0.29, 0.717) is 19.4 Å². The summed E-state index contributed by atoms with van der Waals surface area (Å²) in [6, 6.07) is 0. The SMILES string of the molecule is CCCCCCCCCCCC[C@@]1(C(=O)O)CCCN1C(C)=O. The van der Waals surface area contributed by atoms with Crippen LogP contribution in [0.25, 0.3) is 0 Å². The van der Waals surface area contributed by atoms with Gasteiger partial charge in [0.05, 0.1) is 0 Å². The minimum atomic E-state index is -0.925. The molecule has 0 aromatic heterocycles. The van der Waals surface area contributed by atoms with Crippen molar-refractivity contribution in [3.63, 3.8) is 0 Å². The van der Waals surface area contributed by atoms with E-state index in [-0.39, 0.29) is 5.91 Å². The van der Waals surface area contributed by atoms with Crippen LogP contribution in [-0.2, 0) is 9.59 Å². The molecule has 0 aromatic carbocycles. The largest absolute Gasteiger partial charge is 0.479 e. The van der Waals surface area contributed by atoms with Crippen molar-refractivity contribution in [2.45, 2.75) is 103 Å². The first kappa shape index (κ1) is 20.0. The van der Waals surface area contributed by atoms with Gasteiger partial charge in [-0.1, -0.05) is 71.1 Å². The summed E-state index contributed by atoms with van der Waals surface area (Å²) in [5.74, 6) is -0.918. The molecule has 1 heterocycles. The predicted octanol–water partition coefficient (Wildman–Crippen LogP) is 4.76. The molecule has 134 valence electrons. The monoisotopic (exact) mass is 325 g/mol. The molecular formula is C19H35NO3. The molecule has 1 rings (SSSR count). The maximum absolute atomic E-state index is 11.7. The second-order valence-electron chi connectivity index (χ2n) is 7.04. The molecule has 0 aliphatic carbocycles. The van der Waals surface area contributed by atoms with Crippen molar-refractivity contribution >= 4 is 11.9 Å². The van der Waals surface area contributed by atoms with Crippen molar-refractivity contribution in [1.82, 2.24) is 4.90 Å². The summed E-state index contributed by atoms with van der Waals surface area (Å²) < 4.78 is 0. The predicted molar refractivity (Wildman–Crippen MR) is 93.4 cm³/mol. The Kier molecular flexibility index (Phi) is 9.27. The van der Waals surface area contributed by atoms with Crippen LogP contribution in [0.5, 0.6) is 0 Å².